The Hall–Kier alpha value is -2.04. The third-order valence-corrected chi connectivity index (χ3v) is 2.50. The van der Waals surface area contributed by atoms with Gasteiger partial charge in [-0.3, -0.25) is 4.79 Å². The number of carbonyl (C=O) groups is 1. The molecule has 90 valence electrons. The topological polar surface area (TPSA) is 78.0 Å². The van der Waals surface area contributed by atoms with Crippen LogP contribution in [0.15, 0.2) is 18.2 Å². The Morgan fingerprint density at radius 1 is 1.53 bits per heavy atom. The zero-order chi connectivity index (χ0) is 12.3. The van der Waals surface area contributed by atoms with E-state index < -0.39 is 5.97 Å². The summed E-state index contributed by atoms with van der Waals surface area (Å²) in [7, 11) is 0. The second-order valence-electron chi connectivity index (χ2n) is 3.98. The van der Waals surface area contributed by atoms with Crippen LogP contribution in [0.3, 0.4) is 0 Å². The third kappa shape index (κ3) is 2.96. The van der Waals surface area contributed by atoms with E-state index in [4.69, 9.17) is 5.11 Å². The first-order chi connectivity index (χ1) is 8.15. The first kappa shape index (κ1) is 11.4. The molecule has 2 aromatic rings. The molecule has 0 spiro atoms. The lowest BCUT2D eigenvalue weighted by Gasteiger charge is -2.04. The van der Waals surface area contributed by atoms with E-state index >= 15 is 0 Å². The molecule has 0 aliphatic rings. The number of carboxylic acid groups (broad SMARTS) is 1. The van der Waals surface area contributed by atoms with Crippen molar-refractivity contribution in [2.45, 2.75) is 19.8 Å². The van der Waals surface area contributed by atoms with Crippen LogP contribution < -0.4 is 5.32 Å². The van der Waals surface area contributed by atoms with Crippen LogP contribution in [0.2, 0.25) is 0 Å². The predicted octanol–water partition coefficient (Wildman–Crippen LogP) is 2.15. The number of hydrogen-bond donors (Lipinski definition) is 3. The maximum atomic E-state index is 10.3. The minimum atomic E-state index is -0.758. The van der Waals surface area contributed by atoms with Crippen molar-refractivity contribution in [2.75, 3.05) is 11.9 Å². The van der Waals surface area contributed by atoms with Gasteiger partial charge >= 0.3 is 5.97 Å². The molecule has 0 aliphatic carbocycles. The summed E-state index contributed by atoms with van der Waals surface area (Å²) in [4.78, 5) is 17.8. The Morgan fingerprint density at radius 2 is 2.35 bits per heavy atom. The number of imidazole rings is 1. The minimum absolute atomic E-state index is 0.193. The number of carboxylic acids is 1. The molecule has 3 N–H and O–H groups in total. The number of benzene rings is 1. The molecule has 0 amide bonds. The number of H-pyrrole nitrogens is 1. The quantitative estimate of drug-likeness (QED) is 0.691. The molecule has 0 unspecified atom stereocenters. The molecule has 1 aromatic carbocycles. The summed E-state index contributed by atoms with van der Waals surface area (Å²) in [6.45, 7) is 2.57. The number of hydrogen-bond acceptors (Lipinski definition) is 3. The third-order valence-electron chi connectivity index (χ3n) is 2.50. The molecule has 0 radical (unpaired) electrons. The average molecular weight is 233 g/mol. The van der Waals surface area contributed by atoms with Gasteiger partial charge in [-0.1, -0.05) is 0 Å². The van der Waals surface area contributed by atoms with Gasteiger partial charge in [-0.05, 0) is 31.5 Å². The fourth-order valence-corrected chi connectivity index (χ4v) is 1.72. The number of nitrogens with one attached hydrogen (secondary N) is 2. The summed E-state index contributed by atoms with van der Waals surface area (Å²) in [6.07, 6.45) is 0.813. The molecular formula is C12H15N3O2. The van der Waals surface area contributed by atoms with Gasteiger partial charge in [0.2, 0.25) is 0 Å². The Morgan fingerprint density at radius 3 is 3.12 bits per heavy atom. The van der Waals surface area contributed by atoms with Crippen LogP contribution in [0.5, 0.6) is 0 Å². The van der Waals surface area contributed by atoms with E-state index in [1.165, 1.54) is 0 Å². The van der Waals surface area contributed by atoms with Gasteiger partial charge in [0.05, 0.1) is 11.0 Å². The molecule has 2 rings (SSSR count). The number of nitrogens with zero attached hydrogens (tertiary/aromatic N) is 1. The summed E-state index contributed by atoms with van der Waals surface area (Å²) in [5.41, 5.74) is 2.91. The lowest BCUT2D eigenvalue weighted by Crippen LogP contribution is -2.04. The molecule has 0 saturated carbocycles. The van der Waals surface area contributed by atoms with Gasteiger partial charge in [-0.15, -0.1) is 0 Å². The molecule has 1 heterocycles. The maximum absolute atomic E-state index is 10.3. The van der Waals surface area contributed by atoms with Crippen molar-refractivity contribution < 1.29 is 9.90 Å². The molecule has 0 bridgehead atoms. The maximum Gasteiger partial charge on any atom is 0.303 e. The number of anilines is 1. The zero-order valence-corrected chi connectivity index (χ0v) is 9.66. The smallest absolute Gasteiger partial charge is 0.303 e. The normalized spacial score (nSPS) is 10.6. The Kier molecular flexibility index (Phi) is 3.27. The van der Waals surface area contributed by atoms with Crippen molar-refractivity contribution in [3.63, 3.8) is 0 Å². The molecule has 5 heteroatoms. The van der Waals surface area contributed by atoms with Crippen LogP contribution in [-0.2, 0) is 4.79 Å². The minimum Gasteiger partial charge on any atom is -0.481 e. The predicted molar refractivity (Wildman–Crippen MR) is 66.2 cm³/mol. The van der Waals surface area contributed by atoms with Crippen LogP contribution in [-0.4, -0.2) is 27.6 Å². The number of fused-ring (bicyclic) bond motifs is 1. The molecule has 1 aromatic heterocycles. The van der Waals surface area contributed by atoms with Gasteiger partial charge in [0.1, 0.15) is 5.82 Å². The number of aromatic nitrogens is 2. The number of rotatable bonds is 5. The highest BCUT2D eigenvalue weighted by atomic mass is 16.4. The van der Waals surface area contributed by atoms with Gasteiger partial charge in [0.15, 0.2) is 0 Å². The van der Waals surface area contributed by atoms with Crippen LogP contribution in [0.4, 0.5) is 5.69 Å². The molecule has 0 saturated heterocycles. The molecular weight excluding hydrogens is 218 g/mol. The van der Waals surface area contributed by atoms with Crippen molar-refractivity contribution in [2.24, 2.45) is 0 Å². The fraction of sp³-hybridized carbons (Fsp3) is 0.333. The standard InChI is InChI=1S/C12H15N3O2/c1-8-14-10-5-4-9(7-11(10)15-8)13-6-2-3-12(16)17/h4-5,7,13H,2-3,6H2,1H3,(H,14,15)(H,16,17). The average Bonchev–Trinajstić information content (AvgIpc) is 2.63. The van der Waals surface area contributed by atoms with Crippen molar-refractivity contribution >= 4 is 22.7 Å². The molecule has 17 heavy (non-hydrogen) atoms. The first-order valence-electron chi connectivity index (χ1n) is 5.57. The number of aryl methyl sites for hydroxylation is 1. The van der Waals surface area contributed by atoms with E-state index in [1.807, 2.05) is 25.1 Å². The highest BCUT2D eigenvalue weighted by molar-refractivity contribution is 5.79. The van der Waals surface area contributed by atoms with Crippen molar-refractivity contribution in [1.29, 1.82) is 0 Å². The van der Waals surface area contributed by atoms with Crippen LogP contribution in [0.1, 0.15) is 18.7 Å². The SMILES string of the molecule is Cc1nc2ccc(NCCCC(=O)O)cc2[nH]1. The lowest BCUT2D eigenvalue weighted by molar-refractivity contribution is -0.137. The second-order valence-corrected chi connectivity index (χ2v) is 3.98. The summed E-state index contributed by atoms with van der Waals surface area (Å²) in [6, 6.07) is 5.87. The second kappa shape index (κ2) is 4.86. The summed E-state index contributed by atoms with van der Waals surface area (Å²) in [5.74, 6) is 0.134. The van der Waals surface area contributed by atoms with E-state index in [1.54, 1.807) is 0 Å². The summed E-state index contributed by atoms with van der Waals surface area (Å²) >= 11 is 0. The Labute approximate surface area is 98.9 Å². The monoisotopic (exact) mass is 233 g/mol. The summed E-state index contributed by atoms with van der Waals surface area (Å²) < 4.78 is 0. The van der Waals surface area contributed by atoms with Crippen LogP contribution in [0, 0.1) is 6.92 Å². The largest absolute Gasteiger partial charge is 0.481 e. The number of aliphatic carboxylic acids is 1. The van der Waals surface area contributed by atoms with E-state index in [9.17, 15) is 4.79 Å². The van der Waals surface area contributed by atoms with Gasteiger partial charge in [0.25, 0.3) is 0 Å². The zero-order valence-electron chi connectivity index (χ0n) is 9.66. The first-order valence-corrected chi connectivity index (χ1v) is 5.57. The highest BCUT2D eigenvalue weighted by Crippen LogP contribution is 2.16. The van der Waals surface area contributed by atoms with Crippen LogP contribution >= 0.6 is 0 Å². The van der Waals surface area contributed by atoms with Crippen LogP contribution in [0.25, 0.3) is 11.0 Å². The fourth-order valence-electron chi connectivity index (χ4n) is 1.72. The Bertz CT molecular complexity index is 534. The Balaban J connectivity index is 1.96. The van der Waals surface area contributed by atoms with E-state index in [2.05, 4.69) is 15.3 Å². The van der Waals surface area contributed by atoms with Crippen molar-refractivity contribution in [3.8, 4) is 0 Å². The van der Waals surface area contributed by atoms with Gasteiger partial charge < -0.3 is 15.4 Å². The molecule has 5 nitrogen and oxygen atoms in total. The van der Waals surface area contributed by atoms with Crippen molar-refractivity contribution in [1.82, 2.24) is 9.97 Å². The van der Waals surface area contributed by atoms with E-state index in [-0.39, 0.29) is 6.42 Å². The molecule has 0 aliphatic heterocycles. The highest BCUT2D eigenvalue weighted by Gasteiger charge is 2.01. The van der Waals surface area contributed by atoms with Gasteiger partial charge in [0, 0.05) is 18.7 Å². The lowest BCUT2D eigenvalue weighted by atomic mass is 10.2. The molecule has 0 atom stereocenters. The van der Waals surface area contributed by atoms with Crippen molar-refractivity contribution in [3.05, 3.63) is 24.0 Å². The molecule has 0 fully saturated rings. The van der Waals surface area contributed by atoms with E-state index in [0.29, 0.717) is 13.0 Å². The van der Waals surface area contributed by atoms with Gasteiger partial charge in [-0.2, -0.15) is 0 Å². The van der Waals surface area contributed by atoms with E-state index in [0.717, 1.165) is 22.5 Å². The van der Waals surface area contributed by atoms with Gasteiger partial charge in [-0.25, -0.2) is 4.98 Å². The summed E-state index contributed by atoms with van der Waals surface area (Å²) in [5, 5.41) is 11.7. The number of aromatic amines is 1.